The maximum atomic E-state index is 14.0. The molecule has 2 N–H and O–H groups in total. The van der Waals surface area contributed by atoms with E-state index in [4.69, 9.17) is 31.8 Å². The minimum absolute atomic E-state index is 0.0369. The smallest absolute Gasteiger partial charge is 0.266 e. The van der Waals surface area contributed by atoms with Crippen molar-refractivity contribution in [3.8, 4) is 17.2 Å². The van der Waals surface area contributed by atoms with Crippen molar-refractivity contribution in [2.75, 3.05) is 32.8 Å². The van der Waals surface area contributed by atoms with E-state index in [1.807, 2.05) is 56.3 Å². The molecule has 0 atom stereocenters. The Morgan fingerprint density at radius 1 is 1.02 bits per heavy atom. The fraction of sp³-hybridized carbons (Fsp3) is 0.323. The molecule has 4 aromatic rings. The molecule has 0 radical (unpaired) electrons. The molecule has 1 aliphatic heterocycles. The molecule has 1 amide bonds. The minimum Gasteiger partial charge on any atom is -0.489 e. The summed E-state index contributed by atoms with van der Waals surface area (Å²) < 4.78 is 13.4. The van der Waals surface area contributed by atoms with Gasteiger partial charge < -0.3 is 20.1 Å². The highest BCUT2D eigenvalue weighted by atomic mass is 35.5. The van der Waals surface area contributed by atoms with Crippen LogP contribution in [0.3, 0.4) is 0 Å². The predicted octanol–water partition coefficient (Wildman–Crippen LogP) is 4.01. The first kappa shape index (κ1) is 28.6. The second kappa shape index (κ2) is 12.7. The number of amides is 1. The number of halogens is 1. The van der Waals surface area contributed by atoms with E-state index in [1.54, 1.807) is 33.7 Å². The second-order valence-corrected chi connectivity index (χ2v) is 10.7. The maximum absolute atomic E-state index is 14.0. The van der Waals surface area contributed by atoms with Crippen LogP contribution in [0.1, 0.15) is 25.2 Å². The summed E-state index contributed by atoms with van der Waals surface area (Å²) in [4.78, 5) is 35.7. The zero-order valence-electron chi connectivity index (χ0n) is 23.3. The van der Waals surface area contributed by atoms with Crippen molar-refractivity contribution in [2.24, 2.45) is 5.73 Å². The molecule has 10 heteroatoms. The number of rotatable bonds is 9. The van der Waals surface area contributed by atoms with E-state index in [9.17, 15) is 9.59 Å². The summed E-state index contributed by atoms with van der Waals surface area (Å²) in [5.74, 6) is 1.74. The summed E-state index contributed by atoms with van der Waals surface area (Å²) in [6.07, 6.45) is -0.0677. The average Bonchev–Trinajstić information content (AvgIpc) is 2.97. The third kappa shape index (κ3) is 6.70. The summed E-state index contributed by atoms with van der Waals surface area (Å²) in [6.45, 7) is 7.00. The lowest BCUT2D eigenvalue weighted by Crippen LogP contribution is -2.50. The molecule has 1 saturated heterocycles. The Bertz CT molecular complexity index is 1580. The van der Waals surface area contributed by atoms with Crippen molar-refractivity contribution >= 4 is 28.4 Å². The third-order valence-electron chi connectivity index (χ3n) is 6.97. The molecule has 0 aliphatic carbocycles. The summed E-state index contributed by atoms with van der Waals surface area (Å²) in [7, 11) is 0. The molecule has 5 rings (SSSR count). The zero-order chi connectivity index (χ0) is 28.9. The number of benzene rings is 3. The van der Waals surface area contributed by atoms with Crippen molar-refractivity contribution in [3.63, 3.8) is 0 Å². The van der Waals surface area contributed by atoms with Crippen molar-refractivity contribution in [1.82, 2.24) is 19.4 Å². The average molecular weight is 576 g/mol. The number of nitrogens with zero attached hydrogens (tertiary/aromatic N) is 4. The normalized spacial score (nSPS) is 14.0. The number of aromatic nitrogens is 2. The van der Waals surface area contributed by atoms with E-state index >= 15 is 0 Å². The van der Waals surface area contributed by atoms with Crippen molar-refractivity contribution in [1.29, 1.82) is 0 Å². The van der Waals surface area contributed by atoms with Crippen LogP contribution in [0.5, 0.6) is 11.5 Å². The van der Waals surface area contributed by atoms with Crippen LogP contribution in [0.4, 0.5) is 0 Å². The van der Waals surface area contributed by atoms with Gasteiger partial charge in [-0.05, 0) is 67.9 Å². The monoisotopic (exact) mass is 575 g/mol. The molecule has 0 saturated carbocycles. The van der Waals surface area contributed by atoms with Gasteiger partial charge >= 0.3 is 0 Å². The van der Waals surface area contributed by atoms with Crippen LogP contribution in [0.2, 0.25) is 5.02 Å². The van der Waals surface area contributed by atoms with Crippen molar-refractivity contribution < 1.29 is 14.3 Å². The van der Waals surface area contributed by atoms with Crippen LogP contribution in [0.15, 0.2) is 71.5 Å². The first-order chi connectivity index (χ1) is 19.8. The number of para-hydroxylation sites is 2. The number of ether oxygens (including phenoxy) is 2. The van der Waals surface area contributed by atoms with Gasteiger partial charge in [-0.2, -0.15) is 0 Å². The Morgan fingerprint density at radius 2 is 1.76 bits per heavy atom. The second-order valence-electron chi connectivity index (χ2n) is 10.3. The molecule has 214 valence electrons. The van der Waals surface area contributed by atoms with Gasteiger partial charge in [-0.25, -0.2) is 4.98 Å². The summed E-state index contributed by atoms with van der Waals surface area (Å²) >= 11 is 5.92. The molecule has 9 nitrogen and oxygen atoms in total. The van der Waals surface area contributed by atoms with Gasteiger partial charge in [0.15, 0.2) is 6.61 Å². The van der Waals surface area contributed by atoms with Crippen LogP contribution in [-0.4, -0.2) is 64.1 Å². The number of carbonyl (C=O) groups excluding carboxylic acids is 1. The predicted molar refractivity (Wildman–Crippen MR) is 160 cm³/mol. The highest BCUT2D eigenvalue weighted by Crippen LogP contribution is 2.25. The Labute approximate surface area is 244 Å². The van der Waals surface area contributed by atoms with Crippen LogP contribution in [0, 0.1) is 0 Å². The van der Waals surface area contributed by atoms with Crippen molar-refractivity contribution in [2.45, 2.75) is 33.0 Å². The van der Waals surface area contributed by atoms with Crippen LogP contribution < -0.4 is 20.8 Å². The van der Waals surface area contributed by atoms with E-state index in [2.05, 4.69) is 4.90 Å². The van der Waals surface area contributed by atoms with Crippen LogP contribution in [0.25, 0.3) is 16.6 Å². The Kier molecular flexibility index (Phi) is 8.87. The molecule has 1 aromatic heterocycles. The molecular weight excluding hydrogens is 542 g/mol. The number of hydrogen-bond acceptors (Lipinski definition) is 7. The number of carbonyl (C=O) groups is 1. The van der Waals surface area contributed by atoms with Gasteiger partial charge in [-0.15, -0.1) is 0 Å². The molecule has 2 heterocycles. The van der Waals surface area contributed by atoms with E-state index in [-0.39, 0.29) is 24.2 Å². The first-order valence-electron chi connectivity index (χ1n) is 13.7. The maximum Gasteiger partial charge on any atom is 0.266 e. The van der Waals surface area contributed by atoms with Gasteiger partial charge in [0.25, 0.3) is 11.5 Å². The largest absolute Gasteiger partial charge is 0.489 e. The molecule has 1 aliphatic rings. The molecule has 3 aromatic carbocycles. The van der Waals surface area contributed by atoms with Crippen LogP contribution >= 0.6 is 11.6 Å². The zero-order valence-corrected chi connectivity index (χ0v) is 24.0. The van der Waals surface area contributed by atoms with Gasteiger partial charge in [-0.1, -0.05) is 29.8 Å². The molecule has 0 unspecified atom stereocenters. The van der Waals surface area contributed by atoms with E-state index < -0.39 is 0 Å². The van der Waals surface area contributed by atoms with E-state index in [1.165, 1.54) is 0 Å². The Hall–Kier alpha value is -3.92. The lowest BCUT2D eigenvalue weighted by Gasteiger charge is -2.34. The molecule has 0 spiro atoms. The third-order valence-corrected chi connectivity index (χ3v) is 7.22. The highest BCUT2D eigenvalue weighted by molar-refractivity contribution is 6.30. The number of nitrogens with two attached hydrogens (primary N) is 1. The van der Waals surface area contributed by atoms with Gasteiger partial charge in [0, 0.05) is 37.7 Å². The van der Waals surface area contributed by atoms with Gasteiger partial charge in [0.2, 0.25) is 0 Å². The summed E-state index contributed by atoms with van der Waals surface area (Å²) in [6, 6.07) is 20.0. The fourth-order valence-corrected chi connectivity index (χ4v) is 5.00. The molecule has 0 bridgehead atoms. The van der Waals surface area contributed by atoms with Gasteiger partial charge in [0.05, 0.1) is 29.2 Å². The molecular formula is C31H34ClN5O4. The lowest BCUT2D eigenvalue weighted by atomic mass is 10.1. The first-order valence-corrected chi connectivity index (χ1v) is 14.1. The Morgan fingerprint density at radius 3 is 2.46 bits per heavy atom. The summed E-state index contributed by atoms with van der Waals surface area (Å²) in [5.41, 5.74) is 7.81. The van der Waals surface area contributed by atoms with E-state index in [0.29, 0.717) is 78.2 Å². The number of hydrogen-bond donors (Lipinski definition) is 1. The highest BCUT2D eigenvalue weighted by Gasteiger charge is 2.24. The standard InChI is InChI=1S/C31H34ClN5O4/c1-21(2)41-28-6-4-3-5-27(28)37-29(34-26-12-7-22(18-33)17-25(26)31(37)39)19-35-13-15-36(16-14-35)30(38)20-40-24-10-8-23(32)9-11-24/h3-12,17,21H,13-16,18-20,33H2,1-2H3. The topological polar surface area (TPSA) is 103 Å². The van der Waals surface area contributed by atoms with Gasteiger partial charge in [0.1, 0.15) is 17.3 Å². The minimum atomic E-state index is -0.173. The SMILES string of the molecule is CC(C)Oc1ccccc1-n1c(CN2CCN(C(=O)COc3ccc(Cl)cc3)CC2)nc2ccc(CN)cc2c1=O. The summed E-state index contributed by atoms with van der Waals surface area (Å²) in [5, 5.41) is 1.12. The number of piperazine rings is 1. The van der Waals surface area contributed by atoms with Gasteiger partial charge in [-0.3, -0.25) is 19.1 Å². The van der Waals surface area contributed by atoms with Crippen molar-refractivity contribution in [3.05, 3.63) is 93.5 Å². The fourth-order valence-electron chi connectivity index (χ4n) is 4.88. The molecule has 41 heavy (non-hydrogen) atoms. The van der Waals surface area contributed by atoms with E-state index in [0.717, 1.165) is 5.56 Å². The Balaban J connectivity index is 1.37. The lowest BCUT2D eigenvalue weighted by molar-refractivity contribution is -0.135. The number of fused-ring (bicyclic) bond motifs is 1. The quantitative estimate of drug-likeness (QED) is 0.322. The van der Waals surface area contributed by atoms with Crippen LogP contribution in [-0.2, 0) is 17.9 Å². The molecule has 1 fully saturated rings.